The predicted octanol–water partition coefficient (Wildman–Crippen LogP) is -0.279. The maximum Gasteiger partial charge on any atom is 0.356 e. The van der Waals surface area contributed by atoms with Crippen LogP contribution in [0, 0.1) is 0 Å². The summed E-state index contributed by atoms with van der Waals surface area (Å²) < 4.78 is 0. The molecule has 0 aliphatic heterocycles. The molecule has 16 heavy (non-hydrogen) atoms. The molecule has 0 aliphatic carbocycles. The van der Waals surface area contributed by atoms with Crippen LogP contribution in [0.1, 0.15) is 17.4 Å². The van der Waals surface area contributed by atoms with Crippen LogP contribution in [0.15, 0.2) is 12.4 Å². The van der Waals surface area contributed by atoms with Gasteiger partial charge < -0.3 is 15.7 Å². The van der Waals surface area contributed by atoms with Crippen LogP contribution in [0.4, 0.5) is 5.82 Å². The summed E-state index contributed by atoms with van der Waals surface area (Å²) in [6.45, 7) is 1.63. The molecule has 0 radical (unpaired) electrons. The first kappa shape index (κ1) is 11.9. The number of carbonyl (C=O) groups is 2. The average Bonchev–Trinajstić information content (AvgIpc) is 2.28. The third-order valence-corrected chi connectivity index (χ3v) is 1.86. The Bertz CT molecular complexity index is 407. The molecule has 0 bridgehead atoms. The van der Waals surface area contributed by atoms with Crippen molar-refractivity contribution in [3.05, 3.63) is 18.1 Å². The van der Waals surface area contributed by atoms with Crippen molar-refractivity contribution in [1.29, 1.82) is 0 Å². The summed E-state index contributed by atoms with van der Waals surface area (Å²) in [7, 11) is 1.51. The number of nitrogens with zero attached hydrogens (tertiary/aromatic N) is 2. The van der Waals surface area contributed by atoms with E-state index in [1.165, 1.54) is 13.2 Å². The molecule has 0 saturated carbocycles. The number of aromatic nitrogens is 2. The molecular formula is C9H12N4O3. The maximum absolute atomic E-state index is 11.2. The summed E-state index contributed by atoms with van der Waals surface area (Å²) in [5, 5.41) is 13.9. The number of amides is 1. The quantitative estimate of drug-likeness (QED) is 0.649. The van der Waals surface area contributed by atoms with Gasteiger partial charge in [0.1, 0.15) is 11.9 Å². The monoisotopic (exact) mass is 224 g/mol. The molecule has 1 rings (SSSR count). The van der Waals surface area contributed by atoms with E-state index in [9.17, 15) is 9.59 Å². The number of rotatable bonds is 4. The van der Waals surface area contributed by atoms with Gasteiger partial charge in [0.15, 0.2) is 5.69 Å². The van der Waals surface area contributed by atoms with Crippen molar-refractivity contribution in [2.75, 3.05) is 12.4 Å². The second-order valence-corrected chi connectivity index (χ2v) is 3.07. The number of hydrogen-bond donors (Lipinski definition) is 3. The molecule has 0 aromatic carbocycles. The fourth-order valence-corrected chi connectivity index (χ4v) is 1.04. The lowest BCUT2D eigenvalue weighted by atomic mass is 10.3. The van der Waals surface area contributed by atoms with Crippen LogP contribution >= 0.6 is 0 Å². The zero-order valence-corrected chi connectivity index (χ0v) is 8.89. The summed E-state index contributed by atoms with van der Waals surface area (Å²) >= 11 is 0. The molecule has 1 atom stereocenters. The highest BCUT2D eigenvalue weighted by molar-refractivity contribution is 5.86. The lowest BCUT2D eigenvalue weighted by Gasteiger charge is -2.12. The topological polar surface area (TPSA) is 104 Å². The molecule has 0 saturated heterocycles. The van der Waals surface area contributed by atoms with Gasteiger partial charge in [0, 0.05) is 7.05 Å². The van der Waals surface area contributed by atoms with E-state index in [0.717, 1.165) is 6.20 Å². The van der Waals surface area contributed by atoms with Crippen LogP contribution < -0.4 is 10.6 Å². The highest BCUT2D eigenvalue weighted by Gasteiger charge is 2.12. The van der Waals surface area contributed by atoms with Crippen LogP contribution in [-0.4, -0.2) is 40.0 Å². The van der Waals surface area contributed by atoms with Crippen molar-refractivity contribution < 1.29 is 14.7 Å². The van der Waals surface area contributed by atoms with E-state index in [2.05, 4.69) is 20.6 Å². The second kappa shape index (κ2) is 5.06. The van der Waals surface area contributed by atoms with Crippen molar-refractivity contribution in [3.63, 3.8) is 0 Å². The van der Waals surface area contributed by atoms with E-state index in [0.29, 0.717) is 0 Å². The van der Waals surface area contributed by atoms with Crippen molar-refractivity contribution in [1.82, 2.24) is 15.3 Å². The van der Waals surface area contributed by atoms with E-state index < -0.39 is 12.0 Å². The first-order valence-corrected chi connectivity index (χ1v) is 4.58. The second-order valence-electron chi connectivity index (χ2n) is 3.07. The first-order chi connectivity index (χ1) is 7.54. The summed E-state index contributed by atoms with van der Waals surface area (Å²) in [6.07, 6.45) is 2.49. The fraction of sp³-hybridized carbons (Fsp3) is 0.333. The number of hydrogen-bond acceptors (Lipinski definition) is 5. The molecule has 1 amide bonds. The number of carboxylic acid groups (broad SMARTS) is 1. The number of likely N-dealkylation sites (N-methyl/N-ethyl adjacent to an activating group) is 1. The Balaban J connectivity index is 2.78. The molecule has 86 valence electrons. The molecule has 0 aliphatic rings. The fourth-order valence-electron chi connectivity index (χ4n) is 1.04. The van der Waals surface area contributed by atoms with Crippen LogP contribution in [0.3, 0.4) is 0 Å². The summed E-state index contributed by atoms with van der Waals surface area (Å²) in [4.78, 5) is 29.3. The molecular weight excluding hydrogens is 212 g/mol. The zero-order chi connectivity index (χ0) is 12.1. The minimum absolute atomic E-state index is 0.172. The minimum atomic E-state index is -1.16. The Morgan fingerprint density at radius 1 is 1.44 bits per heavy atom. The largest absolute Gasteiger partial charge is 0.476 e. The van der Waals surface area contributed by atoms with Gasteiger partial charge in [0.05, 0.1) is 12.4 Å². The Labute approximate surface area is 91.9 Å². The van der Waals surface area contributed by atoms with Crippen molar-refractivity contribution in [2.45, 2.75) is 13.0 Å². The normalized spacial score (nSPS) is 11.6. The molecule has 0 spiro atoms. The molecule has 7 heteroatoms. The SMILES string of the molecule is CNC(=O)C(C)Nc1cncc(C(=O)O)n1. The van der Waals surface area contributed by atoms with Gasteiger partial charge in [-0.1, -0.05) is 0 Å². The third-order valence-electron chi connectivity index (χ3n) is 1.86. The molecule has 1 aromatic heterocycles. The Morgan fingerprint density at radius 3 is 2.69 bits per heavy atom. The number of anilines is 1. The highest BCUT2D eigenvalue weighted by atomic mass is 16.4. The predicted molar refractivity (Wildman–Crippen MR) is 56.1 cm³/mol. The van der Waals surface area contributed by atoms with Gasteiger partial charge >= 0.3 is 5.97 Å². The zero-order valence-electron chi connectivity index (χ0n) is 8.89. The Kier molecular flexibility index (Phi) is 3.76. The molecule has 3 N–H and O–H groups in total. The molecule has 1 heterocycles. The van der Waals surface area contributed by atoms with Gasteiger partial charge in [-0.25, -0.2) is 9.78 Å². The Morgan fingerprint density at radius 2 is 2.12 bits per heavy atom. The third kappa shape index (κ3) is 2.91. The number of aromatic carboxylic acids is 1. The van der Waals surface area contributed by atoms with Crippen LogP contribution in [0.25, 0.3) is 0 Å². The highest BCUT2D eigenvalue weighted by Crippen LogP contribution is 2.04. The van der Waals surface area contributed by atoms with E-state index in [-0.39, 0.29) is 17.4 Å². The van der Waals surface area contributed by atoms with E-state index in [1.54, 1.807) is 6.92 Å². The van der Waals surface area contributed by atoms with Crippen molar-refractivity contribution in [3.8, 4) is 0 Å². The van der Waals surface area contributed by atoms with Crippen LogP contribution in [0.5, 0.6) is 0 Å². The number of carbonyl (C=O) groups excluding carboxylic acids is 1. The lowest BCUT2D eigenvalue weighted by molar-refractivity contribution is -0.121. The summed E-state index contributed by atoms with van der Waals surface area (Å²) in [5.74, 6) is -1.14. The summed E-state index contributed by atoms with van der Waals surface area (Å²) in [6, 6.07) is -0.511. The van der Waals surface area contributed by atoms with Crippen molar-refractivity contribution >= 4 is 17.7 Å². The van der Waals surface area contributed by atoms with Gasteiger partial charge in [-0.2, -0.15) is 0 Å². The van der Waals surface area contributed by atoms with Gasteiger partial charge in [0.25, 0.3) is 0 Å². The van der Waals surface area contributed by atoms with E-state index in [4.69, 9.17) is 5.11 Å². The molecule has 1 aromatic rings. The smallest absolute Gasteiger partial charge is 0.356 e. The van der Waals surface area contributed by atoms with Gasteiger partial charge in [-0.15, -0.1) is 0 Å². The van der Waals surface area contributed by atoms with Gasteiger partial charge in [-0.05, 0) is 6.92 Å². The van der Waals surface area contributed by atoms with E-state index in [1.807, 2.05) is 0 Å². The minimum Gasteiger partial charge on any atom is -0.476 e. The standard InChI is InChI=1S/C9H12N4O3/c1-5(8(14)10-2)12-7-4-11-3-6(13-7)9(15)16/h3-5H,1-2H3,(H,10,14)(H,12,13)(H,15,16). The first-order valence-electron chi connectivity index (χ1n) is 4.58. The molecule has 1 unspecified atom stereocenters. The molecule has 0 fully saturated rings. The van der Waals surface area contributed by atoms with Crippen LogP contribution in [-0.2, 0) is 4.79 Å². The number of carboxylic acids is 1. The van der Waals surface area contributed by atoms with Crippen molar-refractivity contribution in [2.24, 2.45) is 0 Å². The van der Waals surface area contributed by atoms with Gasteiger partial charge in [0.2, 0.25) is 5.91 Å². The number of nitrogens with one attached hydrogen (secondary N) is 2. The van der Waals surface area contributed by atoms with E-state index >= 15 is 0 Å². The average molecular weight is 224 g/mol. The lowest BCUT2D eigenvalue weighted by Crippen LogP contribution is -2.35. The van der Waals surface area contributed by atoms with Gasteiger partial charge in [-0.3, -0.25) is 9.78 Å². The van der Waals surface area contributed by atoms with Crippen LogP contribution in [0.2, 0.25) is 0 Å². The maximum atomic E-state index is 11.2. The molecule has 7 nitrogen and oxygen atoms in total. The Hall–Kier alpha value is -2.18. The summed E-state index contributed by atoms with van der Waals surface area (Å²) in [5.41, 5.74) is -0.172.